The van der Waals surface area contributed by atoms with Gasteiger partial charge in [0.05, 0.1) is 0 Å². The summed E-state index contributed by atoms with van der Waals surface area (Å²) in [6.07, 6.45) is 1.03. The molecule has 0 aromatic heterocycles. The first-order valence-corrected chi connectivity index (χ1v) is 7.76. The molecule has 0 aliphatic rings. The van der Waals surface area contributed by atoms with Gasteiger partial charge in [0, 0.05) is 12.1 Å². The predicted molar refractivity (Wildman–Crippen MR) is 92.2 cm³/mol. The van der Waals surface area contributed by atoms with Crippen LogP contribution in [-0.4, -0.2) is 17.9 Å². The number of carbonyl (C=O) groups excluding carboxylic acids is 2. The molecule has 0 heterocycles. The highest BCUT2D eigenvalue weighted by molar-refractivity contribution is 5.97. The summed E-state index contributed by atoms with van der Waals surface area (Å²) in [6.45, 7) is 3.62. The molecule has 0 saturated heterocycles. The maximum Gasteiger partial charge on any atom is 0.246 e. The number of amides is 2. The van der Waals surface area contributed by atoms with Crippen molar-refractivity contribution in [3.05, 3.63) is 65.7 Å². The number of rotatable bonds is 6. The van der Waals surface area contributed by atoms with Gasteiger partial charge in [0.15, 0.2) is 0 Å². The van der Waals surface area contributed by atoms with Crippen molar-refractivity contribution in [3.63, 3.8) is 0 Å². The van der Waals surface area contributed by atoms with Crippen molar-refractivity contribution in [2.75, 3.05) is 5.32 Å². The highest BCUT2D eigenvalue weighted by Crippen LogP contribution is 2.13. The molecular weight excluding hydrogens is 288 g/mol. The highest BCUT2D eigenvalue weighted by atomic mass is 16.2. The molecule has 0 radical (unpaired) electrons. The Morgan fingerprint density at radius 1 is 1.00 bits per heavy atom. The molecule has 2 aromatic carbocycles. The Morgan fingerprint density at radius 3 is 2.35 bits per heavy atom. The number of benzene rings is 2. The molecule has 1 unspecified atom stereocenters. The van der Waals surface area contributed by atoms with Gasteiger partial charge in [-0.2, -0.15) is 0 Å². The highest BCUT2D eigenvalue weighted by Gasteiger charge is 2.16. The summed E-state index contributed by atoms with van der Waals surface area (Å²) < 4.78 is 0. The predicted octanol–water partition coefficient (Wildman–Crippen LogP) is 3.07. The van der Waals surface area contributed by atoms with Crippen molar-refractivity contribution in [2.45, 2.75) is 32.7 Å². The SMILES string of the molecule is Cc1ccccc1NC(=O)C(C)NC(=O)CCc1ccccc1. The van der Waals surface area contributed by atoms with Gasteiger partial charge in [-0.3, -0.25) is 9.59 Å². The van der Waals surface area contributed by atoms with Gasteiger partial charge in [0.25, 0.3) is 0 Å². The Balaban J connectivity index is 1.81. The van der Waals surface area contributed by atoms with Crippen LogP contribution in [0.5, 0.6) is 0 Å². The third-order valence-electron chi connectivity index (χ3n) is 3.66. The van der Waals surface area contributed by atoms with Crippen LogP contribution in [0.1, 0.15) is 24.5 Å². The molecule has 120 valence electrons. The number of anilines is 1. The Hall–Kier alpha value is -2.62. The normalized spacial score (nSPS) is 11.6. The van der Waals surface area contributed by atoms with E-state index in [1.165, 1.54) is 0 Å². The fourth-order valence-corrected chi connectivity index (χ4v) is 2.24. The van der Waals surface area contributed by atoms with Gasteiger partial charge in [-0.25, -0.2) is 0 Å². The zero-order chi connectivity index (χ0) is 16.7. The quantitative estimate of drug-likeness (QED) is 0.861. The molecule has 0 fully saturated rings. The van der Waals surface area contributed by atoms with Crippen molar-refractivity contribution < 1.29 is 9.59 Å². The zero-order valence-corrected chi connectivity index (χ0v) is 13.5. The molecule has 2 N–H and O–H groups in total. The second-order valence-electron chi connectivity index (χ2n) is 5.58. The van der Waals surface area contributed by atoms with Crippen LogP contribution in [0.2, 0.25) is 0 Å². The van der Waals surface area contributed by atoms with Gasteiger partial charge in [0.1, 0.15) is 6.04 Å². The van der Waals surface area contributed by atoms with E-state index in [0.29, 0.717) is 12.8 Å². The van der Waals surface area contributed by atoms with Gasteiger partial charge in [-0.05, 0) is 37.5 Å². The largest absolute Gasteiger partial charge is 0.345 e. The van der Waals surface area contributed by atoms with Crippen molar-refractivity contribution in [2.24, 2.45) is 0 Å². The van der Waals surface area contributed by atoms with E-state index in [0.717, 1.165) is 16.8 Å². The van der Waals surface area contributed by atoms with Crippen LogP contribution in [0.3, 0.4) is 0 Å². The molecule has 0 aliphatic heterocycles. The van der Waals surface area contributed by atoms with Gasteiger partial charge in [-0.1, -0.05) is 48.5 Å². The summed E-state index contributed by atoms with van der Waals surface area (Å²) in [5.41, 5.74) is 2.87. The summed E-state index contributed by atoms with van der Waals surface area (Å²) in [5, 5.41) is 5.57. The van der Waals surface area contributed by atoms with E-state index in [1.807, 2.05) is 61.5 Å². The molecular formula is C19H22N2O2. The third-order valence-corrected chi connectivity index (χ3v) is 3.66. The summed E-state index contributed by atoms with van der Waals surface area (Å²) in [7, 11) is 0. The smallest absolute Gasteiger partial charge is 0.246 e. The third kappa shape index (κ3) is 5.25. The average molecular weight is 310 g/mol. The topological polar surface area (TPSA) is 58.2 Å². The molecule has 0 spiro atoms. The van der Waals surface area contributed by atoms with Crippen molar-refractivity contribution >= 4 is 17.5 Å². The van der Waals surface area contributed by atoms with Gasteiger partial charge >= 0.3 is 0 Å². The van der Waals surface area contributed by atoms with E-state index in [1.54, 1.807) is 6.92 Å². The molecule has 0 saturated carbocycles. The number of carbonyl (C=O) groups is 2. The summed E-state index contributed by atoms with van der Waals surface area (Å²) in [4.78, 5) is 24.1. The number of hydrogen-bond acceptors (Lipinski definition) is 2. The Morgan fingerprint density at radius 2 is 1.65 bits per heavy atom. The molecule has 0 bridgehead atoms. The van der Waals surface area contributed by atoms with Gasteiger partial charge < -0.3 is 10.6 Å². The fraction of sp³-hybridized carbons (Fsp3) is 0.263. The number of nitrogens with one attached hydrogen (secondary N) is 2. The summed E-state index contributed by atoms with van der Waals surface area (Å²) in [5.74, 6) is -0.339. The Labute approximate surface area is 136 Å². The molecule has 4 nitrogen and oxygen atoms in total. The zero-order valence-electron chi connectivity index (χ0n) is 13.5. The summed E-state index contributed by atoms with van der Waals surface area (Å²) in [6, 6.07) is 16.8. The molecule has 23 heavy (non-hydrogen) atoms. The van der Waals surface area contributed by atoms with E-state index in [4.69, 9.17) is 0 Å². The molecule has 2 amide bonds. The second-order valence-corrected chi connectivity index (χ2v) is 5.58. The maximum atomic E-state index is 12.1. The molecule has 1 atom stereocenters. The van der Waals surface area contributed by atoms with E-state index < -0.39 is 6.04 Å². The minimum absolute atomic E-state index is 0.124. The standard InChI is InChI=1S/C19H22N2O2/c1-14-8-6-7-11-17(14)21-19(23)15(2)20-18(22)13-12-16-9-4-3-5-10-16/h3-11,15H,12-13H2,1-2H3,(H,20,22)(H,21,23). The van der Waals surface area contributed by atoms with Gasteiger partial charge in [0.2, 0.25) is 11.8 Å². The van der Waals surface area contributed by atoms with Crippen LogP contribution in [0.15, 0.2) is 54.6 Å². The van der Waals surface area contributed by atoms with Gasteiger partial charge in [-0.15, -0.1) is 0 Å². The second kappa shape index (κ2) is 8.13. The van der Waals surface area contributed by atoms with Crippen LogP contribution >= 0.6 is 0 Å². The molecule has 2 aromatic rings. The minimum atomic E-state index is -0.571. The first kappa shape index (κ1) is 16.7. The van der Waals surface area contributed by atoms with Crippen molar-refractivity contribution in [3.8, 4) is 0 Å². The lowest BCUT2D eigenvalue weighted by molar-refractivity contribution is -0.126. The monoisotopic (exact) mass is 310 g/mol. The first-order chi connectivity index (χ1) is 11.1. The average Bonchev–Trinajstić information content (AvgIpc) is 2.56. The minimum Gasteiger partial charge on any atom is -0.345 e. The molecule has 0 aliphatic carbocycles. The van der Waals surface area contributed by atoms with Crippen molar-refractivity contribution in [1.29, 1.82) is 0 Å². The van der Waals surface area contributed by atoms with Crippen LogP contribution in [-0.2, 0) is 16.0 Å². The Bertz CT molecular complexity index is 668. The lowest BCUT2D eigenvalue weighted by Gasteiger charge is -2.15. The number of para-hydroxylation sites is 1. The van der Waals surface area contributed by atoms with E-state index >= 15 is 0 Å². The maximum absolute atomic E-state index is 12.1. The van der Waals surface area contributed by atoms with Crippen LogP contribution < -0.4 is 10.6 Å². The van der Waals surface area contributed by atoms with E-state index in [9.17, 15) is 9.59 Å². The van der Waals surface area contributed by atoms with Crippen LogP contribution in [0.4, 0.5) is 5.69 Å². The first-order valence-electron chi connectivity index (χ1n) is 7.76. The summed E-state index contributed by atoms with van der Waals surface area (Å²) >= 11 is 0. The fourth-order valence-electron chi connectivity index (χ4n) is 2.24. The number of aryl methyl sites for hydroxylation is 2. The lowest BCUT2D eigenvalue weighted by atomic mass is 10.1. The van der Waals surface area contributed by atoms with Crippen LogP contribution in [0.25, 0.3) is 0 Å². The molecule has 2 rings (SSSR count). The molecule has 4 heteroatoms. The lowest BCUT2D eigenvalue weighted by Crippen LogP contribution is -2.41. The number of hydrogen-bond donors (Lipinski definition) is 2. The van der Waals surface area contributed by atoms with Crippen LogP contribution in [0, 0.1) is 6.92 Å². The van der Waals surface area contributed by atoms with Crippen molar-refractivity contribution in [1.82, 2.24) is 5.32 Å². The van der Waals surface area contributed by atoms with E-state index in [2.05, 4.69) is 10.6 Å². The van der Waals surface area contributed by atoms with E-state index in [-0.39, 0.29) is 11.8 Å². The Kier molecular flexibility index (Phi) is 5.92.